The van der Waals surface area contributed by atoms with Crippen LogP contribution in [-0.4, -0.2) is 38.3 Å². The van der Waals surface area contributed by atoms with Crippen molar-refractivity contribution in [1.82, 2.24) is 4.31 Å². The molecular weight excluding hydrogens is 469 g/mol. The molecule has 3 rings (SSSR count). The normalized spacial score (nSPS) is 15.8. The molecule has 2 aromatic rings. The van der Waals surface area contributed by atoms with E-state index in [2.05, 4.69) is 5.32 Å². The number of carbonyl (C=O) groups excluding carboxylic acids is 1. The van der Waals surface area contributed by atoms with Gasteiger partial charge in [-0.05, 0) is 55.3 Å². The second-order valence-corrected chi connectivity index (χ2v) is 9.66. The fraction of sp³-hybridized carbons (Fsp3) is 0.381. The summed E-state index contributed by atoms with van der Waals surface area (Å²) in [5, 5.41) is 1.84. The first kappa shape index (κ1) is 24.3. The Morgan fingerprint density at radius 1 is 1.03 bits per heavy atom. The summed E-state index contributed by atoms with van der Waals surface area (Å²) in [6, 6.07) is 8.71. The third kappa shape index (κ3) is 6.14. The first-order chi connectivity index (χ1) is 15.1. The van der Waals surface area contributed by atoms with E-state index in [4.69, 9.17) is 16.3 Å². The van der Waals surface area contributed by atoms with Crippen molar-refractivity contribution in [2.75, 3.05) is 25.0 Å². The Morgan fingerprint density at radius 3 is 2.25 bits per heavy atom. The average Bonchev–Trinajstić information content (AvgIpc) is 3.03. The van der Waals surface area contributed by atoms with E-state index in [-0.39, 0.29) is 16.3 Å². The third-order valence-corrected chi connectivity index (χ3v) is 7.19. The lowest BCUT2D eigenvalue weighted by Crippen LogP contribution is -2.31. The molecule has 1 fully saturated rings. The fourth-order valence-electron chi connectivity index (χ4n) is 3.31. The minimum absolute atomic E-state index is 0.0748. The van der Waals surface area contributed by atoms with Crippen molar-refractivity contribution in [3.8, 4) is 5.75 Å². The largest absolute Gasteiger partial charge is 0.484 e. The Labute approximate surface area is 189 Å². The number of halogens is 4. The van der Waals surface area contributed by atoms with Crippen LogP contribution in [0.25, 0.3) is 0 Å². The Morgan fingerprint density at radius 2 is 1.66 bits per heavy atom. The molecule has 32 heavy (non-hydrogen) atoms. The summed E-state index contributed by atoms with van der Waals surface area (Å²) in [7, 11) is -3.60. The predicted molar refractivity (Wildman–Crippen MR) is 114 cm³/mol. The van der Waals surface area contributed by atoms with E-state index in [0.717, 1.165) is 37.8 Å². The van der Waals surface area contributed by atoms with Crippen LogP contribution in [0.5, 0.6) is 5.75 Å². The number of hydrogen-bond acceptors (Lipinski definition) is 4. The quantitative estimate of drug-likeness (QED) is 0.622. The molecule has 0 atom stereocenters. The number of anilines is 1. The molecular formula is C21H22ClF3N2O4S. The molecule has 1 N–H and O–H groups in total. The van der Waals surface area contributed by atoms with Crippen LogP contribution in [0.3, 0.4) is 0 Å². The highest BCUT2D eigenvalue weighted by Gasteiger charge is 2.33. The SMILES string of the molecule is O=C(COc1ccc(S(=O)(=O)N2CCCCCC2)cc1)Nc1ccc(Cl)c(C(F)(F)F)c1. The summed E-state index contributed by atoms with van der Waals surface area (Å²) in [5.74, 6) is -0.427. The van der Waals surface area contributed by atoms with Gasteiger partial charge in [-0.2, -0.15) is 17.5 Å². The number of rotatable bonds is 6. The molecule has 0 radical (unpaired) electrons. The van der Waals surface area contributed by atoms with E-state index < -0.39 is 39.3 Å². The number of benzene rings is 2. The smallest absolute Gasteiger partial charge is 0.417 e. The second-order valence-electron chi connectivity index (χ2n) is 7.32. The lowest BCUT2D eigenvalue weighted by molar-refractivity contribution is -0.137. The number of nitrogens with one attached hydrogen (secondary N) is 1. The number of carbonyl (C=O) groups is 1. The van der Waals surface area contributed by atoms with E-state index in [1.54, 1.807) is 0 Å². The van der Waals surface area contributed by atoms with Gasteiger partial charge in [0.25, 0.3) is 5.91 Å². The second kappa shape index (κ2) is 10.1. The number of sulfonamides is 1. The van der Waals surface area contributed by atoms with Crippen molar-refractivity contribution in [3.05, 3.63) is 53.1 Å². The van der Waals surface area contributed by atoms with Crippen molar-refractivity contribution in [3.63, 3.8) is 0 Å². The maximum Gasteiger partial charge on any atom is 0.417 e. The molecule has 0 saturated carbocycles. The number of nitrogens with zero attached hydrogens (tertiary/aromatic N) is 1. The molecule has 0 unspecified atom stereocenters. The minimum Gasteiger partial charge on any atom is -0.484 e. The highest BCUT2D eigenvalue weighted by atomic mass is 35.5. The zero-order chi connectivity index (χ0) is 23.4. The van der Waals surface area contributed by atoms with Gasteiger partial charge in [-0.3, -0.25) is 4.79 Å². The first-order valence-corrected chi connectivity index (χ1v) is 11.8. The lowest BCUT2D eigenvalue weighted by Gasteiger charge is -2.20. The van der Waals surface area contributed by atoms with Crippen LogP contribution in [0.2, 0.25) is 5.02 Å². The summed E-state index contributed by atoms with van der Waals surface area (Å²) in [6.45, 7) is 0.505. The zero-order valence-electron chi connectivity index (χ0n) is 17.0. The molecule has 1 aliphatic heterocycles. The molecule has 174 valence electrons. The predicted octanol–water partition coefficient (Wildman–Crippen LogP) is 4.94. The van der Waals surface area contributed by atoms with Gasteiger partial charge in [0.1, 0.15) is 5.75 Å². The molecule has 0 spiro atoms. The molecule has 2 aromatic carbocycles. The van der Waals surface area contributed by atoms with Crippen LogP contribution in [0, 0.1) is 0 Å². The van der Waals surface area contributed by atoms with Crippen molar-refractivity contribution >= 4 is 33.2 Å². The van der Waals surface area contributed by atoms with Gasteiger partial charge in [-0.15, -0.1) is 0 Å². The van der Waals surface area contributed by atoms with Crippen LogP contribution in [0.4, 0.5) is 18.9 Å². The molecule has 0 bridgehead atoms. The first-order valence-electron chi connectivity index (χ1n) is 9.97. The van der Waals surface area contributed by atoms with Crippen LogP contribution in [0.15, 0.2) is 47.4 Å². The maximum atomic E-state index is 12.9. The highest BCUT2D eigenvalue weighted by Crippen LogP contribution is 2.36. The lowest BCUT2D eigenvalue weighted by atomic mass is 10.2. The topological polar surface area (TPSA) is 75.7 Å². The summed E-state index contributed by atoms with van der Waals surface area (Å²) in [6.07, 6.45) is -0.978. The zero-order valence-corrected chi connectivity index (χ0v) is 18.6. The van der Waals surface area contributed by atoms with Crippen molar-refractivity contribution in [1.29, 1.82) is 0 Å². The van der Waals surface area contributed by atoms with E-state index in [0.29, 0.717) is 13.1 Å². The van der Waals surface area contributed by atoms with Gasteiger partial charge in [0, 0.05) is 18.8 Å². The van der Waals surface area contributed by atoms with Crippen molar-refractivity contribution < 1.29 is 31.1 Å². The van der Waals surface area contributed by atoms with Gasteiger partial charge in [-0.1, -0.05) is 24.4 Å². The molecule has 1 heterocycles. The number of ether oxygens (including phenoxy) is 1. The molecule has 1 aliphatic rings. The minimum atomic E-state index is -4.65. The van der Waals surface area contributed by atoms with E-state index in [1.165, 1.54) is 34.6 Å². The molecule has 6 nitrogen and oxygen atoms in total. The van der Waals surface area contributed by atoms with E-state index >= 15 is 0 Å². The monoisotopic (exact) mass is 490 g/mol. The molecule has 1 amide bonds. The molecule has 11 heteroatoms. The van der Waals surface area contributed by atoms with Gasteiger partial charge in [-0.25, -0.2) is 8.42 Å². The summed E-state index contributed by atoms with van der Waals surface area (Å²) >= 11 is 5.56. The van der Waals surface area contributed by atoms with Gasteiger partial charge in [0.05, 0.1) is 15.5 Å². The average molecular weight is 491 g/mol. The van der Waals surface area contributed by atoms with Gasteiger partial charge in [0.2, 0.25) is 10.0 Å². The Hall–Kier alpha value is -2.30. The van der Waals surface area contributed by atoms with E-state index in [9.17, 15) is 26.4 Å². The Balaban J connectivity index is 1.59. The standard InChI is InChI=1S/C21H22ClF3N2O4S/c22-19-10-5-15(13-18(19)21(23,24)25)26-20(28)14-31-16-6-8-17(9-7-16)32(29,30)27-11-3-1-2-4-12-27/h5-10,13H,1-4,11-12,14H2,(H,26,28). The van der Waals surface area contributed by atoms with Crippen LogP contribution in [0.1, 0.15) is 31.2 Å². The Kier molecular flexibility index (Phi) is 7.68. The third-order valence-electron chi connectivity index (χ3n) is 4.95. The molecule has 0 aliphatic carbocycles. The van der Waals surface area contributed by atoms with Crippen molar-refractivity contribution in [2.45, 2.75) is 36.8 Å². The van der Waals surface area contributed by atoms with Crippen LogP contribution < -0.4 is 10.1 Å². The molecule has 0 aromatic heterocycles. The van der Waals surface area contributed by atoms with Gasteiger partial charge in [0.15, 0.2) is 6.61 Å². The number of hydrogen-bond donors (Lipinski definition) is 1. The highest BCUT2D eigenvalue weighted by molar-refractivity contribution is 7.89. The number of amides is 1. The van der Waals surface area contributed by atoms with Crippen LogP contribution in [-0.2, 0) is 21.0 Å². The number of alkyl halides is 3. The van der Waals surface area contributed by atoms with Crippen molar-refractivity contribution in [2.24, 2.45) is 0 Å². The maximum absolute atomic E-state index is 12.9. The van der Waals surface area contributed by atoms with Gasteiger partial charge >= 0.3 is 6.18 Å². The summed E-state index contributed by atoms with van der Waals surface area (Å²) in [4.78, 5) is 12.2. The van der Waals surface area contributed by atoms with Crippen LogP contribution >= 0.6 is 11.6 Å². The van der Waals surface area contributed by atoms with Gasteiger partial charge < -0.3 is 10.1 Å². The molecule has 1 saturated heterocycles. The summed E-state index contributed by atoms with van der Waals surface area (Å²) < 4.78 is 71.1. The van der Waals surface area contributed by atoms with E-state index in [1.807, 2.05) is 0 Å². The Bertz CT molecular complexity index is 1050. The fourth-order valence-corrected chi connectivity index (χ4v) is 5.05. The summed E-state index contributed by atoms with van der Waals surface area (Å²) in [5.41, 5.74) is -1.13.